The third-order valence-electron chi connectivity index (χ3n) is 3.24. The molecule has 6 heteroatoms. The standard InChI is InChI=1S/C11H17N5S/c1-7(3-2-6-12)10-15-16-9(8-4-5-8)13-14-11(16)17-10/h7-8H,2-6,12H2,1H3. The summed E-state index contributed by atoms with van der Waals surface area (Å²) in [6.45, 7) is 2.96. The van der Waals surface area contributed by atoms with Crippen LogP contribution in [0.1, 0.15) is 55.3 Å². The van der Waals surface area contributed by atoms with Crippen LogP contribution in [0.4, 0.5) is 0 Å². The minimum absolute atomic E-state index is 0.470. The Balaban J connectivity index is 1.85. The van der Waals surface area contributed by atoms with Crippen LogP contribution in [0, 0.1) is 0 Å². The number of hydrogen-bond donors (Lipinski definition) is 1. The molecule has 0 radical (unpaired) electrons. The van der Waals surface area contributed by atoms with E-state index in [9.17, 15) is 0 Å². The highest BCUT2D eigenvalue weighted by atomic mass is 32.1. The highest BCUT2D eigenvalue weighted by molar-refractivity contribution is 7.16. The van der Waals surface area contributed by atoms with Gasteiger partial charge in [0, 0.05) is 11.8 Å². The molecule has 3 rings (SSSR count). The van der Waals surface area contributed by atoms with E-state index in [1.54, 1.807) is 11.3 Å². The SMILES string of the molecule is CC(CCCN)c1nn2c(C3CC3)nnc2s1. The molecule has 2 N–H and O–H groups in total. The van der Waals surface area contributed by atoms with Gasteiger partial charge in [-0.2, -0.15) is 9.61 Å². The quantitative estimate of drug-likeness (QED) is 0.881. The van der Waals surface area contributed by atoms with Crippen LogP contribution in [-0.2, 0) is 0 Å². The van der Waals surface area contributed by atoms with Crippen molar-refractivity contribution in [3.8, 4) is 0 Å². The maximum absolute atomic E-state index is 5.54. The molecule has 17 heavy (non-hydrogen) atoms. The zero-order valence-electron chi connectivity index (χ0n) is 9.96. The van der Waals surface area contributed by atoms with Gasteiger partial charge < -0.3 is 5.73 Å². The van der Waals surface area contributed by atoms with Crippen LogP contribution in [-0.4, -0.2) is 26.4 Å². The summed E-state index contributed by atoms with van der Waals surface area (Å²) in [6.07, 6.45) is 4.61. The van der Waals surface area contributed by atoms with Crippen molar-refractivity contribution in [2.24, 2.45) is 5.73 Å². The fourth-order valence-corrected chi connectivity index (χ4v) is 2.92. The van der Waals surface area contributed by atoms with Crippen molar-refractivity contribution in [1.29, 1.82) is 0 Å². The molecule has 1 fully saturated rings. The van der Waals surface area contributed by atoms with Gasteiger partial charge in [0.25, 0.3) is 0 Å². The summed E-state index contributed by atoms with van der Waals surface area (Å²) in [5, 5.41) is 14.2. The fourth-order valence-electron chi connectivity index (χ4n) is 1.99. The van der Waals surface area contributed by atoms with Crippen LogP contribution < -0.4 is 5.73 Å². The second-order valence-electron chi connectivity index (χ2n) is 4.80. The van der Waals surface area contributed by atoms with Crippen LogP contribution in [0.2, 0.25) is 0 Å². The van der Waals surface area contributed by atoms with Crippen LogP contribution in [0.25, 0.3) is 4.96 Å². The smallest absolute Gasteiger partial charge is 0.234 e. The zero-order chi connectivity index (χ0) is 11.8. The third-order valence-corrected chi connectivity index (χ3v) is 4.37. The number of nitrogens with two attached hydrogens (primary N) is 1. The average Bonchev–Trinajstić information content (AvgIpc) is 2.95. The predicted octanol–water partition coefficient (Wildman–Crippen LogP) is 1.91. The number of rotatable bonds is 5. The van der Waals surface area contributed by atoms with Crippen LogP contribution in [0.3, 0.4) is 0 Å². The lowest BCUT2D eigenvalue weighted by Crippen LogP contribution is -2.02. The Kier molecular flexibility index (Phi) is 2.84. The number of fused-ring (bicyclic) bond motifs is 1. The van der Waals surface area contributed by atoms with Gasteiger partial charge in [0.2, 0.25) is 4.96 Å². The maximum Gasteiger partial charge on any atom is 0.234 e. The van der Waals surface area contributed by atoms with E-state index in [1.807, 2.05) is 4.52 Å². The van der Waals surface area contributed by atoms with E-state index in [1.165, 1.54) is 12.8 Å². The molecule has 1 aliphatic rings. The molecule has 2 aromatic rings. The Labute approximate surface area is 104 Å². The van der Waals surface area contributed by atoms with E-state index in [4.69, 9.17) is 5.73 Å². The Morgan fingerprint density at radius 3 is 3.00 bits per heavy atom. The molecule has 1 aliphatic carbocycles. The van der Waals surface area contributed by atoms with Crippen molar-refractivity contribution in [3.05, 3.63) is 10.8 Å². The molecule has 1 unspecified atom stereocenters. The van der Waals surface area contributed by atoms with Gasteiger partial charge >= 0.3 is 0 Å². The van der Waals surface area contributed by atoms with E-state index < -0.39 is 0 Å². The molecule has 1 saturated carbocycles. The van der Waals surface area contributed by atoms with Crippen LogP contribution in [0.15, 0.2) is 0 Å². The first kappa shape index (κ1) is 11.1. The molecule has 5 nitrogen and oxygen atoms in total. The van der Waals surface area contributed by atoms with Gasteiger partial charge in [-0.1, -0.05) is 18.3 Å². The third kappa shape index (κ3) is 2.07. The Bertz CT molecular complexity index is 513. The molecule has 1 atom stereocenters. The summed E-state index contributed by atoms with van der Waals surface area (Å²) in [6, 6.07) is 0. The van der Waals surface area contributed by atoms with Crippen LogP contribution >= 0.6 is 11.3 Å². The number of hydrogen-bond acceptors (Lipinski definition) is 5. The first-order chi connectivity index (χ1) is 8.29. The van der Waals surface area contributed by atoms with E-state index >= 15 is 0 Å². The second kappa shape index (κ2) is 4.34. The topological polar surface area (TPSA) is 69.1 Å². The van der Waals surface area contributed by atoms with Gasteiger partial charge in [0.1, 0.15) is 5.01 Å². The molecule has 2 aromatic heterocycles. The van der Waals surface area contributed by atoms with Crippen molar-refractivity contribution in [1.82, 2.24) is 19.8 Å². The summed E-state index contributed by atoms with van der Waals surface area (Å²) < 4.78 is 1.94. The van der Waals surface area contributed by atoms with Gasteiger partial charge in [-0.05, 0) is 32.2 Å². The number of aromatic nitrogens is 4. The molecule has 2 heterocycles. The summed E-state index contributed by atoms with van der Waals surface area (Å²) >= 11 is 1.66. The molecule has 0 spiro atoms. The van der Waals surface area contributed by atoms with Crippen molar-refractivity contribution in [2.75, 3.05) is 6.54 Å². The van der Waals surface area contributed by atoms with Gasteiger partial charge in [0.05, 0.1) is 0 Å². The van der Waals surface area contributed by atoms with Crippen molar-refractivity contribution >= 4 is 16.3 Å². The monoisotopic (exact) mass is 251 g/mol. The largest absolute Gasteiger partial charge is 0.330 e. The summed E-state index contributed by atoms with van der Waals surface area (Å²) in [5.74, 6) is 2.12. The van der Waals surface area contributed by atoms with Crippen LogP contribution in [0.5, 0.6) is 0 Å². The minimum Gasteiger partial charge on any atom is -0.330 e. The van der Waals surface area contributed by atoms with E-state index in [2.05, 4.69) is 22.2 Å². The first-order valence-corrected chi connectivity index (χ1v) is 7.03. The molecule has 92 valence electrons. The second-order valence-corrected chi connectivity index (χ2v) is 5.79. The van der Waals surface area contributed by atoms with E-state index in [-0.39, 0.29) is 0 Å². The van der Waals surface area contributed by atoms with Crippen molar-refractivity contribution in [2.45, 2.75) is 44.4 Å². The Morgan fingerprint density at radius 2 is 2.29 bits per heavy atom. The molecular weight excluding hydrogens is 234 g/mol. The Morgan fingerprint density at radius 1 is 1.47 bits per heavy atom. The summed E-state index contributed by atoms with van der Waals surface area (Å²) in [7, 11) is 0. The summed E-state index contributed by atoms with van der Waals surface area (Å²) in [4.78, 5) is 0.932. The normalized spacial score (nSPS) is 17.8. The van der Waals surface area contributed by atoms with Gasteiger partial charge in [-0.15, -0.1) is 10.2 Å². The minimum atomic E-state index is 0.470. The molecule has 0 aromatic carbocycles. The average molecular weight is 251 g/mol. The molecule has 0 aliphatic heterocycles. The lowest BCUT2D eigenvalue weighted by Gasteiger charge is -2.05. The van der Waals surface area contributed by atoms with Crippen molar-refractivity contribution < 1.29 is 0 Å². The highest BCUT2D eigenvalue weighted by Gasteiger charge is 2.30. The predicted molar refractivity (Wildman–Crippen MR) is 67.3 cm³/mol. The zero-order valence-corrected chi connectivity index (χ0v) is 10.8. The molecule has 0 saturated heterocycles. The molecule has 0 bridgehead atoms. The number of nitrogens with zero attached hydrogens (tertiary/aromatic N) is 4. The highest BCUT2D eigenvalue weighted by Crippen LogP contribution is 2.39. The first-order valence-electron chi connectivity index (χ1n) is 6.21. The maximum atomic E-state index is 5.54. The molecular formula is C11H17N5S. The van der Waals surface area contributed by atoms with Gasteiger partial charge in [0.15, 0.2) is 5.82 Å². The van der Waals surface area contributed by atoms with E-state index in [0.29, 0.717) is 11.8 Å². The van der Waals surface area contributed by atoms with Gasteiger partial charge in [-0.25, -0.2) is 0 Å². The molecule has 0 amide bonds. The van der Waals surface area contributed by atoms with Gasteiger partial charge in [-0.3, -0.25) is 0 Å². The van der Waals surface area contributed by atoms with E-state index in [0.717, 1.165) is 35.2 Å². The fraction of sp³-hybridized carbons (Fsp3) is 0.727. The van der Waals surface area contributed by atoms with Crippen molar-refractivity contribution in [3.63, 3.8) is 0 Å². The lowest BCUT2D eigenvalue weighted by molar-refractivity contribution is 0.625. The lowest BCUT2D eigenvalue weighted by atomic mass is 10.1. The summed E-state index contributed by atoms with van der Waals surface area (Å²) in [5.41, 5.74) is 5.54. The Hall–Kier alpha value is -1.01.